The molecule has 2 aliphatic heterocycles. The summed E-state index contributed by atoms with van der Waals surface area (Å²) in [5, 5.41) is 3.00. The van der Waals surface area contributed by atoms with Crippen LogP contribution < -0.4 is 10.1 Å². The summed E-state index contributed by atoms with van der Waals surface area (Å²) >= 11 is 0. The van der Waals surface area contributed by atoms with Gasteiger partial charge in [0.2, 0.25) is 11.8 Å². The minimum atomic E-state index is -0.297. The summed E-state index contributed by atoms with van der Waals surface area (Å²) < 4.78 is 5.49. The summed E-state index contributed by atoms with van der Waals surface area (Å²) in [5.41, 5.74) is 1.08. The zero-order valence-corrected chi connectivity index (χ0v) is 19.0. The topological polar surface area (TPSA) is 79.0 Å². The molecule has 2 aromatic carbocycles. The summed E-state index contributed by atoms with van der Waals surface area (Å²) in [6.07, 6.45) is 1.67. The number of amides is 3. The number of nitrogens with zero attached hydrogens (tertiary/aromatic N) is 2. The van der Waals surface area contributed by atoms with Crippen LogP contribution in [-0.2, 0) is 14.4 Å². The highest BCUT2D eigenvalue weighted by atomic mass is 16.5. The number of benzene rings is 2. The Morgan fingerprint density at radius 2 is 1.67 bits per heavy atom. The SMILES string of the molecule is CC(c1ccccc1)N1CC(C(=O)N2CCC(NC(=O)COc3ccccc3)CC2)CC1=O. The number of likely N-dealkylation sites (tertiary alicyclic amines) is 2. The number of nitrogens with one attached hydrogen (secondary N) is 1. The predicted octanol–water partition coefficient (Wildman–Crippen LogP) is 2.78. The lowest BCUT2D eigenvalue weighted by atomic mass is 10.0. The maximum Gasteiger partial charge on any atom is 0.258 e. The summed E-state index contributed by atoms with van der Waals surface area (Å²) in [7, 11) is 0. The van der Waals surface area contributed by atoms with Crippen LogP contribution in [0.4, 0.5) is 0 Å². The molecule has 33 heavy (non-hydrogen) atoms. The normalized spacial score (nSPS) is 19.9. The standard InChI is InChI=1S/C26H31N3O4/c1-19(20-8-4-2-5-9-20)29-17-21(16-25(29)31)26(32)28-14-12-22(13-15-28)27-24(30)18-33-23-10-6-3-7-11-23/h2-11,19,21-22H,12-18H2,1H3,(H,27,30). The zero-order valence-electron chi connectivity index (χ0n) is 19.0. The van der Waals surface area contributed by atoms with Crippen molar-refractivity contribution in [1.82, 2.24) is 15.1 Å². The summed E-state index contributed by atoms with van der Waals surface area (Å²) in [6, 6.07) is 19.1. The molecule has 7 heteroatoms. The molecule has 0 aromatic heterocycles. The number of carbonyl (C=O) groups is 3. The van der Waals surface area contributed by atoms with E-state index < -0.39 is 0 Å². The van der Waals surface area contributed by atoms with Crippen LogP contribution in [0.25, 0.3) is 0 Å². The first kappa shape index (κ1) is 22.8. The monoisotopic (exact) mass is 449 g/mol. The summed E-state index contributed by atoms with van der Waals surface area (Å²) in [4.78, 5) is 41.6. The van der Waals surface area contributed by atoms with Crippen molar-refractivity contribution in [3.63, 3.8) is 0 Å². The van der Waals surface area contributed by atoms with Gasteiger partial charge >= 0.3 is 0 Å². The van der Waals surface area contributed by atoms with E-state index in [2.05, 4.69) is 5.32 Å². The fraction of sp³-hybridized carbons (Fsp3) is 0.423. The van der Waals surface area contributed by atoms with E-state index in [0.29, 0.717) is 38.2 Å². The third-order valence-electron chi connectivity index (χ3n) is 6.54. The fourth-order valence-electron chi connectivity index (χ4n) is 4.62. The quantitative estimate of drug-likeness (QED) is 0.705. The molecule has 0 saturated carbocycles. The van der Waals surface area contributed by atoms with Crippen molar-refractivity contribution in [3.05, 3.63) is 66.2 Å². The summed E-state index contributed by atoms with van der Waals surface area (Å²) in [5.74, 6) is 0.285. The molecule has 1 N–H and O–H groups in total. The number of carbonyl (C=O) groups excluding carboxylic acids is 3. The highest BCUT2D eigenvalue weighted by molar-refractivity contribution is 5.89. The second kappa shape index (κ2) is 10.5. The van der Waals surface area contributed by atoms with Gasteiger partial charge in [-0.1, -0.05) is 48.5 Å². The molecule has 0 spiro atoms. The molecule has 0 radical (unpaired) electrons. The lowest BCUT2D eigenvalue weighted by molar-refractivity contribution is -0.137. The highest BCUT2D eigenvalue weighted by Crippen LogP contribution is 2.30. The van der Waals surface area contributed by atoms with Crippen LogP contribution in [0.15, 0.2) is 60.7 Å². The van der Waals surface area contributed by atoms with E-state index >= 15 is 0 Å². The van der Waals surface area contributed by atoms with Gasteiger partial charge in [0, 0.05) is 32.1 Å². The van der Waals surface area contributed by atoms with Crippen LogP contribution in [0, 0.1) is 5.92 Å². The predicted molar refractivity (Wildman–Crippen MR) is 124 cm³/mol. The molecule has 2 aliphatic rings. The van der Waals surface area contributed by atoms with Gasteiger partial charge in [-0.3, -0.25) is 14.4 Å². The molecule has 3 amide bonds. The Hall–Kier alpha value is -3.35. The zero-order chi connectivity index (χ0) is 23.2. The number of piperidine rings is 1. The van der Waals surface area contributed by atoms with Crippen LogP contribution in [0.3, 0.4) is 0 Å². The largest absolute Gasteiger partial charge is 0.484 e. The molecule has 0 bridgehead atoms. The molecule has 2 heterocycles. The Balaban J connectivity index is 1.22. The van der Waals surface area contributed by atoms with Crippen molar-refractivity contribution < 1.29 is 19.1 Å². The van der Waals surface area contributed by atoms with Crippen molar-refractivity contribution in [2.75, 3.05) is 26.2 Å². The number of hydrogen-bond acceptors (Lipinski definition) is 4. The van der Waals surface area contributed by atoms with Gasteiger partial charge in [0.15, 0.2) is 6.61 Å². The maximum atomic E-state index is 13.1. The second-order valence-corrected chi connectivity index (χ2v) is 8.80. The second-order valence-electron chi connectivity index (χ2n) is 8.80. The van der Waals surface area contributed by atoms with Crippen molar-refractivity contribution in [2.24, 2.45) is 5.92 Å². The van der Waals surface area contributed by atoms with Crippen molar-refractivity contribution in [2.45, 2.75) is 38.3 Å². The van der Waals surface area contributed by atoms with Crippen LogP contribution in [0.5, 0.6) is 5.75 Å². The average molecular weight is 450 g/mol. The maximum absolute atomic E-state index is 13.1. The van der Waals surface area contributed by atoms with E-state index in [1.165, 1.54) is 0 Å². The van der Waals surface area contributed by atoms with Gasteiger partial charge in [0.25, 0.3) is 5.91 Å². The van der Waals surface area contributed by atoms with Gasteiger partial charge in [-0.05, 0) is 37.5 Å². The van der Waals surface area contributed by atoms with Gasteiger partial charge in [-0.15, -0.1) is 0 Å². The molecule has 2 atom stereocenters. The number of ether oxygens (including phenoxy) is 1. The van der Waals surface area contributed by atoms with Crippen LogP contribution in [-0.4, -0.2) is 59.8 Å². The first-order valence-electron chi connectivity index (χ1n) is 11.6. The third-order valence-corrected chi connectivity index (χ3v) is 6.54. The molecular formula is C26H31N3O4. The molecule has 7 nitrogen and oxygen atoms in total. The van der Waals surface area contributed by atoms with E-state index in [9.17, 15) is 14.4 Å². The van der Waals surface area contributed by atoms with E-state index in [4.69, 9.17) is 4.74 Å². The molecular weight excluding hydrogens is 418 g/mol. The van der Waals surface area contributed by atoms with Gasteiger partial charge in [-0.2, -0.15) is 0 Å². The van der Waals surface area contributed by atoms with Gasteiger partial charge < -0.3 is 19.9 Å². The minimum Gasteiger partial charge on any atom is -0.484 e. The molecule has 174 valence electrons. The minimum absolute atomic E-state index is 0.0250. The Morgan fingerprint density at radius 1 is 1.03 bits per heavy atom. The van der Waals surface area contributed by atoms with Crippen LogP contribution in [0.2, 0.25) is 0 Å². The molecule has 2 unspecified atom stereocenters. The Kier molecular flexibility index (Phi) is 7.27. The van der Waals surface area contributed by atoms with E-state index in [1.54, 1.807) is 0 Å². The number of para-hydroxylation sites is 1. The first-order chi connectivity index (χ1) is 16.0. The van der Waals surface area contributed by atoms with Gasteiger partial charge in [-0.25, -0.2) is 0 Å². The molecule has 4 rings (SSSR count). The number of hydrogen-bond donors (Lipinski definition) is 1. The van der Waals surface area contributed by atoms with Gasteiger partial charge in [0.1, 0.15) is 5.75 Å². The van der Waals surface area contributed by atoms with Crippen molar-refractivity contribution >= 4 is 17.7 Å². The van der Waals surface area contributed by atoms with E-state index in [0.717, 1.165) is 5.56 Å². The Bertz CT molecular complexity index is 958. The Morgan fingerprint density at radius 3 is 2.33 bits per heavy atom. The Labute approximate surface area is 194 Å². The first-order valence-corrected chi connectivity index (χ1v) is 11.6. The van der Waals surface area contributed by atoms with E-state index in [1.807, 2.05) is 77.4 Å². The van der Waals surface area contributed by atoms with Crippen LogP contribution in [0.1, 0.15) is 37.8 Å². The number of rotatable bonds is 7. The lowest BCUT2D eigenvalue weighted by Gasteiger charge is -2.34. The molecule has 2 aromatic rings. The van der Waals surface area contributed by atoms with Gasteiger partial charge in [0.05, 0.1) is 12.0 Å². The average Bonchev–Trinajstić information content (AvgIpc) is 3.25. The summed E-state index contributed by atoms with van der Waals surface area (Å²) in [6.45, 7) is 3.62. The van der Waals surface area contributed by atoms with Crippen molar-refractivity contribution in [1.29, 1.82) is 0 Å². The molecule has 2 saturated heterocycles. The molecule has 0 aliphatic carbocycles. The highest BCUT2D eigenvalue weighted by Gasteiger charge is 2.39. The molecule has 2 fully saturated rings. The smallest absolute Gasteiger partial charge is 0.258 e. The van der Waals surface area contributed by atoms with E-state index in [-0.39, 0.29) is 48.8 Å². The third kappa shape index (κ3) is 5.72. The van der Waals surface area contributed by atoms with Crippen LogP contribution >= 0.6 is 0 Å². The lowest BCUT2D eigenvalue weighted by Crippen LogP contribution is -2.49. The van der Waals surface area contributed by atoms with Crippen molar-refractivity contribution in [3.8, 4) is 5.75 Å². The fourth-order valence-corrected chi connectivity index (χ4v) is 4.62.